The molecule has 1 heterocycles. The highest BCUT2D eigenvalue weighted by atomic mass is 16.4. The minimum atomic E-state index is -0.595. The maximum absolute atomic E-state index is 10.9. The Labute approximate surface area is 91.5 Å². The Balaban J connectivity index is 1.83. The van der Waals surface area contributed by atoms with Gasteiger partial charge in [-0.25, -0.2) is 0 Å². The normalized spacial score (nSPS) is 34.5. The Hall–Kier alpha value is -0.570. The quantitative estimate of drug-likeness (QED) is 0.759. The average Bonchev–Trinajstić information content (AvgIpc) is 2.68. The number of carboxylic acid groups (broad SMARTS) is 1. The molecule has 0 radical (unpaired) electrons. The van der Waals surface area contributed by atoms with Crippen molar-refractivity contribution in [3.8, 4) is 0 Å². The minimum absolute atomic E-state index is 0.0747. The van der Waals surface area contributed by atoms with Crippen molar-refractivity contribution in [2.45, 2.75) is 45.1 Å². The highest BCUT2D eigenvalue weighted by Crippen LogP contribution is 2.31. The predicted octanol–water partition coefficient (Wildman–Crippen LogP) is 1.97. The van der Waals surface area contributed by atoms with Gasteiger partial charge in [-0.1, -0.05) is 6.92 Å². The average molecular weight is 211 g/mol. The zero-order chi connectivity index (χ0) is 10.8. The smallest absolute Gasteiger partial charge is 0.306 e. The molecule has 86 valence electrons. The summed E-state index contributed by atoms with van der Waals surface area (Å²) in [5, 5.41) is 8.95. The number of aliphatic carboxylic acids is 1. The molecule has 0 amide bonds. The van der Waals surface area contributed by atoms with Crippen molar-refractivity contribution in [1.29, 1.82) is 0 Å². The molecule has 0 bridgehead atoms. The summed E-state index contributed by atoms with van der Waals surface area (Å²) in [6.07, 6.45) is 5.42. The van der Waals surface area contributed by atoms with Crippen molar-refractivity contribution in [1.82, 2.24) is 4.90 Å². The third-order valence-corrected chi connectivity index (χ3v) is 4.09. The first-order valence-electron chi connectivity index (χ1n) is 6.13. The molecule has 15 heavy (non-hydrogen) atoms. The molecule has 0 unspecified atom stereocenters. The largest absolute Gasteiger partial charge is 0.481 e. The highest BCUT2D eigenvalue weighted by Gasteiger charge is 2.33. The summed E-state index contributed by atoms with van der Waals surface area (Å²) in [6, 6.07) is 0.554. The van der Waals surface area contributed by atoms with Crippen LogP contribution in [0.5, 0.6) is 0 Å². The molecule has 1 N–H and O–H groups in total. The van der Waals surface area contributed by atoms with Crippen LogP contribution in [0, 0.1) is 11.8 Å². The second-order valence-corrected chi connectivity index (χ2v) is 5.22. The molecule has 2 atom stereocenters. The predicted molar refractivity (Wildman–Crippen MR) is 58.7 cm³/mol. The van der Waals surface area contributed by atoms with Crippen LogP contribution < -0.4 is 0 Å². The van der Waals surface area contributed by atoms with Crippen LogP contribution in [0.25, 0.3) is 0 Å². The fraction of sp³-hybridized carbons (Fsp3) is 0.917. The lowest BCUT2D eigenvalue weighted by Crippen LogP contribution is -2.39. The lowest BCUT2D eigenvalue weighted by atomic mass is 9.97. The summed E-state index contributed by atoms with van der Waals surface area (Å²) in [6.45, 7) is 4.67. The summed E-state index contributed by atoms with van der Waals surface area (Å²) in [7, 11) is 0. The Morgan fingerprint density at radius 1 is 1.20 bits per heavy atom. The van der Waals surface area contributed by atoms with E-state index >= 15 is 0 Å². The van der Waals surface area contributed by atoms with Gasteiger partial charge in [0.15, 0.2) is 0 Å². The number of rotatable bonds is 2. The first-order chi connectivity index (χ1) is 7.16. The van der Waals surface area contributed by atoms with Gasteiger partial charge in [-0.3, -0.25) is 4.79 Å². The standard InChI is InChI=1S/C12H21NO2/c1-9-4-6-13(7-5-9)11-3-2-10(8-11)12(14)15/h9-11H,2-8H2,1H3,(H,14,15)/t10-,11+/m0/s1. The van der Waals surface area contributed by atoms with Gasteiger partial charge in [-0.05, 0) is 51.1 Å². The summed E-state index contributed by atoms with van der Waals surface area (Å²) < 4.78 is 0. The van der Waals surface area contributed by atoms with Gasteiger partial charge in [0, 0.05) is 6.04 Å². The van der Waals surface area contributed by atoms with Crippen molar-refractivity contribution in [2.24, 2.45) is 11.8 Å². The molecule has 0 spiro atoms. The third-order valence-electron chi connectivity index (χ3n) is 4.09. The molecule has 3 nitrogen and oxygen atoms in total. The molecule has 0 aromatic heterocycles. The molecule has 2 rings (SSSR count). The molecule has 1 saturated carbocycles. The van der Waals surface area contributed by atoms with E-state index in [2.05, 4.69) is 11.8 Å². The molecule has 1 saturated heterocycles. The van der Waals surface area contributed by atoms with Gasteiger partial charge in [0.05, 0.1) is 5.92 Å². The number of likely N-dealkylation sites (tertiary alicyclic amines) is 1. The number of piperidine rings is 1. The Kier molecular flexibility index (Phi) is 3.29. The molecule has 0 aromatic carbocycles. The lowest BCUT2D eigenvalue weighted by molar-refractivity contribution is -0.141. The van der Waals surface area contributed by atoms with Gasteiger partial charge >= 0.3 is 5.97 Å². The Morgan fingerprint density at radius 2 is 1.87 bits per heavy atom. The van der Waals surface area contributed by atoms with Crippen LogP contribution >= 0.6 is 0 Å². The number of carboxylic acids is 1. The van der Waals surface area contributed by atoms with E-state index in [1.54, 1.807) is 0 Å². The first-order valence-corrected chi connectivity index (χ1v) is 6.13. The SMILES string of the molecule is CC1CCN([C@@H]2CC[C@H](C(=O)O)C2)CC1. The Morgan fingerprint density at radius 3 is 2.40 bits per heavy atom. The van der Waals surface area contributed by atoms with E-state index in [0.29, 0.717) is 6.04 Å². The zero-order valence-corrected chi connectivity index (χ0v) is 9.48. The second kappa shape index (κ2) is 4.52. The van der Waals surface area contributed by atoms with Crippen molar-refractivity contribution >= 4 is 5.97 Å². The van der Waals surface area contributed by atoms with Gasteiger partial charge in [-0.15, -0.1) is 0 Å². The molecular formula is C12H21NO2. The zero-order valence-electron chi connectivity index (χ0n) is 9.48. The van der Waals surface area contributed by atoms with Crippen LogP contribution in [0.1, 0.15) is 39.0 Å². The maximum Gasteiger partial charge on any atom is 0.306 e. The number of hydrogen-bond acceptors (Lipinski definition) is 2. The monoisotopic (exact) mass is 211 g/mol. The van der Waals surface area contributed by atoms with E-state index in [0.717, 1.165) is 25.2 Å². The molecule has 1 aliphatic carbocycles. The summed E-state index contributed by atoms with van der Waals surface area (Å²) in [5.41, 5.74) is 0. The summed E-state index contributed by atoms with van der Waals surface area (Å²) >= 11 is 0. The topological polar surface area (TPSA) is 40.5 Å². The van der Waals surface area contributed by atoms with Crippen molar-refractivity contribution in [3.63, 3.8) is 0 Å². The van der Waals surface area contributed by atoms with Crippen LogP contribution in [0.4, 0.5) is 0 Å². The third kappa shape index (κ3) is 2.51. The van der Waals surface area contributed by atoms with E-state index in [9.17, 15) is 4.79 Å². The van der Waals surface area contributed by atoms with Crippen LogP contribution in [0.15, 0.2) is 0 Å². The van der Waals surface area contributed by atoms with Crippen LogP contribution in [0.2, 0.25) is 0 Å². The van der Waals surface area contributed by atoms with E-state index < -0.39 is 5.97 Å². The molecule has 3 heteroatoms. The number of nitrogens with zero attached hydrogens (tertiary/aromatic N) is 1. The van der Waals surface area contributed by atoms with E-state index in [4.69, 9.17) is 5.11 Å². The van der Waals surface area contributed by atoms with Gasteiger partial charge < -0.3 is 10.0 Å². The van der Waals surface area contributed by atoms with Crippen molar-refractivity contribution in [2.75, 3.05) is 13.1 Å². The number of hydrogen-bond donors (Lipinski definition) is 1. The molecule has 2 fully saturated rings. The van der Waals surface area contributed by atoms with Gasteiger partial charge in [-0.2, -0.15) is 0 Å². The van der Waals surface area contributed by atoms with Crippen LogP contribution in [-0.4, -0.2) is 35.1 Å². The van der Waals surface area contributed by atoms with Gasteiger partial charge in [0.2, 0.25) is 0 Å². The fourth-order valence-electron chi connectivity index (χ4n) is 2.91. The summed E-state index contributed by atoms with van der Waals surface area (Å²) in [4.78, 5) is 13.4. The first kappa shape index (κ1) is 10.9. The second-order valence-electron chi connectivity index (χ2n) is 5.22. The fourth-order valence-corrected chi connectivity index (χ4v) is 2.91. The van der Waals surface area contributed by atoms with E-state index in [1.807, 2.05) is 0 Å². The van der Waals surface area contributed by atoms with Crippen molar-refractivity contribution in [3.05, 3.63) is 0 Å². The lowest BCUT2D eigenvalue weighted by Gasteiger charge is -2.34. The summed E-state index contributed by atoms with van der Waals surface area (Å²) in [5.74, 6) is 0.190. The molecular weight excluding hydrogens is 190 g/mol. The van der Waals surface area contributed by atoms with Gasteiger partial charge in [0.1, 0.15) is 0 Å². The molecule has 2 aliphatic rings. The maximum atomic E-state index is 10.9. The van der Waals surface area contributed by atoms with Gasteiger partial charge in [0.25, 0.3) is 0 Å². The van der Waals surface area contributed by atoms with Crippen molar-refractivity contribution < 1.29 is 9.90 Å². The highest BCUT2D eigenvalue weighted by molar-refractivity contribution is 5.70. The molecule has 0 aromatic rings. The minimum Gasteiger partial charge on any atom is -0.481 e. The number of carbonyl (C=O) groups is 1. The Bertz CT molecular complexity index is 234. The van der Waals surface area contributed by atoms with Crippen LogP contribution in [0.3, 0.4) is 0 Å². The van der Waals surface area contributed by atoms with E-state index in [1.165, 1.54) is 25.9 Å². The molecule has 1 aliphatic heterocycles. The van der Waals surface area contributed by atoms with E-state index in [-0.39, 0.29) is 5.92 Å². The van der Waals surface area contributed by atoms with Crippen LogP contribution in [-0.2, 0) is 4.79 Å².